The van der Waals surface area contributed by atoms with Gasteiger partial charge in [-0.1, -0.05) is 119 Å². The SMILES string of the molecule is CCCCCCC1(C#CCCO[Si](c2ccccc2)(c2ccccc2)C(C)(C)C)CO1. The van der Waals surface area contributed by atoms with Crippen molar-refractivity contribution in [3.8, 4) is 11.8 Å². The zero-order chi connectivity index (χ0) is 22.2. The Morgan fingerprint density at radius 2 is 1.52 bits per heavy atom. The van der Waals surface area contributed by atoms with Gasteiger partial charge in [-0.05, 0) is 28.3 Å². The lowest BCUT2D eigenvalue weighted by molar-refractivity contribution is 0.306. The summed E-state index contributed by atoms with van der Waals surface area (Å²) in [5.74, 6) is 6.79. The van der Waals surface area contributed by atoms with Crippen molar-refractivity contribution in [2.24, 2.45) is 0 Å². The van der Waals surface area contributed by atoms with Crippen molar-refractivity contribution in [2.45, 2.75) is 76.9 Å². The summed E-state index contributed by atoms with van der Waals surface area (Å²) in [6.45, 7) is 10.6. The zero-order valence-corrected chi connectivity index (χ0v) is 20.7. The molecule has 0 saturated carbocycles. The fraction of sp³-hybridized carbons (Fsp3) is 0.500. The predicted octanol–water partition coefficient (Wildman–Crippen LogP) is 5.70. The van der Waals surface area contributed by atoms with E-state index in [2.05, 4.69) is 100 Å². The van der Waals surface area contributed by atoms with Crippen molar-refractivity contribution in [1.29, 1.82) is 0 Å². The van der Waals surface area contributed by atoms with Crippen molar-refractivity contribution in [2.75, 3.05) is 13.2 Å². The molecule has 1 fully saturated rings. The average molecular weight is 435 g/mol. The van der Waals surface area contributed by atoms with E-state index in [4.69, 9.17) is 9.16 Å². The van der Waals surface area contributed by atoms with Crippen LogP contribution in [-0.2, 0) is 9.16 Å². The third-order valence-electron chi connectivity index (χ3n) is 6.21. The predicted molar refractivity (Wildman–Crippen MR) is 133 cm³/mol. The number of benzene rings is 2. The minimum Gasteiger partial charge on any atom is -0.406 e. The molecule has 166 valence electrons. The summed E-state index contributed by atoms with van der Waals surface area (Å²) in [5, 5.41) is 2.64. The highest BCUT2D eigenvalue weighted by Crippen LogP contribution is 2.37. The molecular formula is C28H38O2Si. The third-order valence-corrected chi connectivity index (χ3v) is 11.2. The Kier molecular flexibility index (Phi) is 8.16. The first-order valence-corrected chi connectivity index (χ1v) is 13.7. The summed E-state index contributed by atoms with van der Waals surface area (Å²) >= 11 is 0. The molecule has 0 radical (unpaired) electrons. The Hall–Kier alpha value is -1.86. The van der Waals surface area contributed by atoms with Gasteiger partial charge in [-0.25, -0.2) is 0 Å². The average Bonchev–Trinajstić information content (AvgIpc) is 3.54. The van der Waals surface area contributed by atoms with Crippen LogP contribution >= 0.6 is 0 Å². The largest absolute Gasteiger partial charge is 0.406 e. The number of hydrogen-bond donors (Lipinski definition) is 0. The van der Waals surface area contributed by atoms with E-state index >= 15 is 0 Å². The molecule has 3 heteroatoms. The second-order valence-corrected chi connectivity index (χ2v) is 14.0. The topological polar surface area (TPSA) is 21.8 Å². The highest BCUT2D eigenvalue weighted by molar-refractivity contribution is 6.99. The van der Waals surface area contributed by atoms with Crippen LogP contribution in [0.25, 0.3) is 0 Å². The zero-order valence-electron chi connectivity index (χ0n) is 19.7. The van der Waals surface area contributed by atoms with Gasteiger partial charge >= 0.3 is 0 Å². The van der Waals surface area contributed by atoms with Gasteiger partial charge in [0.05, 0.1) is 6.61 Å². The molecule has 31 heavy (non-hydrogen) atoms. The molecule has 1 unspecified atom stereocenters. The van der Waals surface area contributed by atoms with E-state index in [1.807, 2.05) is 0 Å². The lowest BCUT2D eigenvalue weighted by atomic mass is 10.0. The Balaban J connectivity index is 1.73. The van der Waals surface area contributed by atoms with E-state index in [1.54, 1.807) is 0 Å². The number of unbranched alkanes of at least 4 members (excludes halogenated alkanes) is 3. The number of rotatable bonds is 10. The molecule has 1 atom stereocenters. The maximum absolute atomic E-state index is 6.91. The molecule has 0 spiro atoms. The second kappa shape index (κ2) is 10.6. The minimum atomic E-state index is -2.46. The van der Waals surface area contributed by atoms with Crippen molar-refractivity contribution in [3.05, 3.63) is 60.7 Å². The van der Waals surface area contributed by atoms with Crippen LogP contribution in [0.5, 0.6) is 0 Å². The Labute approximate surface area is 190 Å². The van der Waals surface area contributed by atoms with Gasteiger partial charge in [-0.15, -0.1) is 0 Å². The molecular weight excluding hydrogens is 396 g/mol. The maximum Gasteiger partial charge on any atom is 0.261 e. The molecule has 1 aliphatic rings. The maximum atomic E-state index is 6.91. The normalized spacial score (nSPS) is 18.3. The van der Waals surface area contributed by atoms with Crippen LogP contribution < -0.4 is 10.4 Å². The van der Waals surface area contributed by atoms with Crippen LogP contribution in [0.2, 0.25) is 5.04 Å². The van der Waals surface area contributed by atoms with E-state index in [1.165, 1.54) is 36.1 Å². The van der Waals surface area contributed by atoms with Crippen LogP contribution in [0, 0.1) is 11.8 Å². The molecule has 1 heterocycles. The van der Waals surface area contributed by atoms with Gasteiger partial charge in [0.2, 0.25) is 0 Å². The smallest absolute Gasteiger partial charge is 0.261 e. The molecule has 1 aliphatic heterocycles. The first-order chi connectivity index (χ1) is 14.9. The van der Waals surface area contributed by atoms with Crippen molar-refractivity contribution in [1.82, 2.24) is 0 Å². The molecule has 0 bridgehead atoms. The molecule has 0 aliphatic carbocycles. The summed E-state index contributed by atoms with van der Waals surface area (Å²) in [5.41, 5.74) is -0.162. The first kappa shape index (κ1) is 23.8. The summed E-state index contributed by atoms with van der Waals surface area (Å²) < 4.78 is 12.6. The summed E-state index contributed by atoms with van der Waals surface area (Å²) in [4.78, 5) is 0. The molecule has 1 saturated heterocycles. The highest BCUT2D eigenvalue weighted by Gasteiger charge is 2.50. The number of epoxide rings is 1. The van der Waals surface area contributed by atoms with Gasteiger partial charge in [0.1, 0.15) is 0 Å². The molecule has 3 rings (SSSR count). The molecule has 0 N–H and O–H groups in total. The van der Waals surface area contributed by atoms with Crippen LogP contribution in [0.1, 0.15) is 66.2 Å². The Morgan fingerprint density at radius 3 is 2.00 bits per heavy atom. The van der Waals surface area contributed by atoms with Crippen molar-refractivity contribution >= 4 is 18.7 Å². The standard InChI is InChI=1S/C28H38O2Si/c1-5-6-7-14-21-28(24-29-28)22-15-16-23-30-31(27(2,3)4,25-17-10-8-11-18-25)26-19-12-9-13-20-26/h8-13,17-20H,5-7,14,16,21,23-24H2,1-4H3. The van der Waals surface area contributed by atoms with E-state index < -0.39 is 8.32 Å². The van der Waals surface area contributed by atoms with Gasteiger partial charge < -0.3 is 9.16 Å². The second-order valence-electron chi connectivity index (χ2n) is 9.66. The van der Waals surface area contributed by atoms with Gasteiger partial charge in [0.15, 0.2) is 5.60 Å². The van der Waals surface area contributed by atoms with E-state index in [-0.39, 0.29) is 10.6 Å². The third kappa shape index (κ3) is 5.89. The minimum absolute atomic E-state index is 0.00321. The summed E-state index contributed by atoms with van der Waals surface area (Å²) in [7, 11) is -2.46. The Bertz CT molecular complexity index is 815. The fourth-order valence-corrected chi connectivity index (χ4v) is 9.01. The molecule has 0 aromatic heterocycles. The van der Waals surface area contributed by atoms with E-state index in [0.29, 0.717) is 6.61 Å². The molecule has 2 aromatic carbocycles. The van der Waals surface area contributed by atoms with Crippen LogP contribution in [0.3, 0.4) is 0 Å². The lowest BCUT2D eigenvalue weighted by Crippen LogP contribution is -2.66. The van der Waals surface area contributed by atoms with Crippen LogP contribution in [0.4, 0.5) is 0 Å². The monoisotopic (exact) mass is 434 g/mol. The first-order valence-electron chi connectivity index (χ1n) is 11.8. The van der Waals surface area contributed by atoms with Gasteiger partial charge in [-0.2, -0.15) is 0 Å². The quantitative estimate of drug-likeness (QED) is 0.207. The van der Waals surface area contributed by atoms with Crippen molar-refractivity contribution < 1.29 is 9.16 Å². The highest BCUT2D eigenvalue weighted by atomic mass is 28.4. The summed E-state index contributed by atoms with van der Waals surface area (Å²) in [6, 6.07) is 21.6. The molecule has 2 nitrogen and oxygen atoms in total. The fourth-order valence-electron chi connectivity index (χ4n) is 4.44. The summed E-state index contributed by atoms with van der Waals surface area (Å²) in [6.07, 6.45) is 6.86. The number of ether oxygens (including phenoxy) is 1. The Morgan fingerprint density at radius 1 is 0.935 bits per heavy atom. The van der Waals surface area contributed by atoms with Crippen molar-refractivity contribution in [3.63, 3.8) is 0 Å². The van der Waals surface area contributed by atoms with E-state index in [0.717, 1.165) is 19.4 Å². The van der Waals surface area contributed by atoms with Crippen LogP contribution in [0.15, 0.2) is 60.7 Å². The number of hydrogen-bond acceptors (Lipinski definition) is 2. The van der Waals surface area contributed by atoms with Crippen LogP contribution in [-0.4, -0.2) is 27.1 Å². The molecule has 2 aromatic rings. The van der Waals surface area contributed by atoms with Gasteiger partial charge in [0.25, 0.3) is 8.32 Å². The lowest BCUT2D eigenvalue weighted by Gasteiger charge is -2.43. The van der Waals surface area contributed by atoms with E-state index in [9.17, 15) is 0 Å². The van der Waals surface area contributed by atoms with Gasteiger partial charge in [0, 0.05) is 13.0 Å². The van der Waals surface area contributed by atoms with Gasteiger partial charge in [-0.3, -0.25) is 0 Å². The molecule has 0 amide bonds.